The summed E-state index contributed by atoms with van der Waals surface area (Å²) in [4.78, 5) is 24.5. The summed E-state index contributed by atoms with van der Waals surface area (Å²) in [6, 6.07) is 3.36. The molecule has 1 unspecified atom stereocenters. The molecule has 0 aliphatic carbocycles. The highest BCUT2D eigenvalue weighted by Gasteiger charge is 2.23. The molecule has 24 heavy (non-hydrogen) atoms. The highest BCUT2D eigenvalue weighted by Crippen LogP contribution is 2.13. The van der Waals surface area contributed by atoms with Crippen molar-refractivity contribution in [1.82, 2.24) is 19.7 Å². The Balaban J connectivity index is 1.63. The Bertz CT molecular complexity index is 742. The molecular formula is C17H24N4O3. The second-order valence-electron chi connectivity index (χ2n) is 6.73. The smallest absolute Gasteiger partial charge is 0.345 e. The molecule has 0 bridgehead atoms. The molecule has 0 saturated carbocycles. The van der Waals surface area contributed by atoms with Gasteiger partial charge in [0.25, 0.3) is 5.91 Å². The third-order valence-corrected chi connectivity index (χ3v) is 4.42. The van der Waals surface area contributed by atoms with Crippen LogP contribution in [0.25, 0.3) is 0 Å². The highest BCUT2D eigenvalue weighted by molar-refractivity contribution is 5.91. The van der Waals surface area contributed by atoms with E-state index in [4.69, 9.17) is 4.42 Å². The SMILES string of the molecule is CC(C)CCn1nc2n(c1=O)CCC(NC(=O)c1ccco1)CC2. The lowest BCUT2D eigenvalue weighted by Crippen LogP contribution is -2.35. The Morgan fingerprint density at radius 1 is 1.46 bits per heavy atom. The first-order valence-electron chi connectivity index (χ1n) is 8.55. The lowest BCUT2D eigenvalue weighted by molar-refractivity contribution is 0.0904. The van der Waals surface area contributed by atoms with Gasteiger partial charge in [-0.1, -0.05) is 13.8 Å². The van der Waals surface area contributed by atoms with Crippen LogP contribution in [0.1, 0.15) is 49.5 Å². The van der Waals surface area contributed by atoms with Crippen molar-refractivity contribution in [2.24, 2.45) is 5.92 Å². The number of furan rings is 1. The van der Waals surface area contributed by atoms with E-state index >= 15 is 0 Å². The number of nitrogens with one attached hydrogen (secondary N) is 1. The predicted molar refractivity (Wildman–Crippen MR) is 88.8 cm³/mol. The zero-order valence-corrected chi connectivity index (χ0v) is 14.2. The number of hydrogen-bond acceptors (Lipinski definition) is 4. The molecule has 0 radical (unpaired) electrons. The van der Waals surface area contributed by atoms with E-state index in [-0.39, 0.29) is 17.6 Å². The second kappa shape index (κ2) is 7.07. The van der Waals surface area contributed by atoms with Crippen LogP contribution >= 0.6 is 0 Å². The molecule has 3 rings (SSSR count). The van der Waals surface area contributed by atoms with Gasteiger partial charge < -0.3 is 9.73 Å². The van der Waals surface area contributed by atoms with Crippen LogP contribution in [0.3, 0.4) is 0 Å². The number of amides is 1. The topological polar surface area (TPSA) is 82.1 Å². The lowest BCUT2D eigenvalue weighted by Gasteiger charge is -2.14. The van der Waals surface area contributed by atoms with Crippen molar-refractivity contribution in [3.05, 3.63) is 40.5 Å². The zero-order valence-electron chi connectivity index (χ0n) is 14.2. The number of aromatic nitrogens is 3. The molecule has 0 spiro atoms. The molecule has 2 aromatic rings. The minimum Gasteiger partial charge on any atom is -0.459 e. The minimum atomic E-state index is -0.209. The maximum atomic E-state index is 12.5. The Hall–Kier alpha value is -2.31. The van der Waals surface area contributed by atoms with Gasteiger partial charge in [0.15, 0.2) is 5.76 Å². The van der Waals surface area contributed by atoms with Crippen LogP contribution < -0.4 is 11.0 Å². The van der Waals surface area contributed by atoms with E-state index in [0.29, 0.717) is 31.2 Å². The van der Waals surface area contributed by atoms with Crippen molar-refractivity contribution >= 4 is 5.91 Å². The Kier molecular flexibility index (Phi) is 4.87. The zero-order chi connectivity index (χ0) is 17.1. The van der Waals surface area contributed by atoms with Crippen LogP contribution in [-0.2, 0) is 19.5 Å². The van der Waals surface area contributed by atoms with E-state index in [1.165, 1.54) is 6.26 Å². The third kappa shape index (κ3) is 3.60. The molecule has 0 saturated heterocycles. The van der Waals surface area contributed by atoms with Crippen LogP contribution in [-0.4, -0.2) is 26.3 Å². The van der Waals surface area contributed by atoms with Gasteiger partial charge >= 0.3 is 5.69 Å². The summed E-state index contributed by atoms with van der Waals surface area (Å²) in [7, 11) is 0. The summed E-state index contributed by atoms with van der Waals surface area (Å²) in [6.07, 6.45) is 4.60. The maximum absolute atomic E-state index is 12.5. The van der Waals surface area contributed by atoms with Gasteiger partial charge in [-0.05, 0) is 37.3 Å². The number of nitrogens with zero attached hydrogens (tertiary/aromatic N) is 3. The molecule has 130 valence electrons. The third-order valence-electron chi connectivity index (χ3n) is 4.42. The fourth-order valence-electron chi connectivity index (χ4n) is 2.96. The van der Waals surface area contributed by atoms with E-state index in [1.54, 1.807) is 21.4 Å². The lowest BCUT2D eigenvalue weighted by atomic mass is 10.1. The first-order valence-corrected chi connectivity index (χ1v) is 8.55. The van der Waals surface area contributed by atoms with Crippen LogP contribution in [0.4, 0.5) is 0 Å². The molecule has 1 amide bonds. The van der Waals surface area contributed by atoms with E-state index in [9.17, 15) is 9.59 Å². The van der Waals surface area contributed by atoms with Crippen molar-refractivity contribution in [3.63, 3.8) is 0 Å². The molecule has 7 nitrogen and oxygen atoms in total. The molecule has 1 aliphatic rings. The van der Waals surface area contributed by atoms with Gasteiger partial charge in [-0.25, -0.2) is 9.48 Å². The number of aryl methyl sites for hydroxylation is 2. The molecule has 1 aliphatic heterocycles. The Morgan fingerprint density at radius 3 is 3.00 bits per heavy atom. The van der Waals surface area contributed by atoms with E-state index in [1.807, 2.05) is 0 Å². The quantitative estimate of drug-likeness (QED) is 0.905. The molecule has 2 aromatic heterocycles. The van der Waals surface area contributed by atoms with Gasteiger partial charge in [0.1, 0.15) is 5.82 Å². The van der Waals surface area contributed by atoms with Crippen molar-refractivity contribution in [1.29, 1.82) is 0 Å². The summed E-state index contributed by atoms with van der Waals surface area (Å²) in [5, 5.41) is 7.46. The average molecular weight is 332 g/mol. The summed E-state index contributed by atoms with van der Waals surface area (Å²) in [6.45, 7) is 5.52. The summed E-state index contributed by atoms with van der Waals surface area (Å²) < 4.78 is 8.44. The number of rotatable bonds is 5. The van der Waals surface area contributed by atoms with Crippen LogP contribution in [0.2, 0.25) is 0 Å². The number of fused-ring (bicyclic) bond motifs is 1. The fourth-order valence-corrected chi connectivity index (χ4v) is 2.96. The summed E-state index contributed by atoms with van der Waals surface area (Å²) in [5.41, 5.74) is -0.0383. The normalized spacial score (nSPS) is 17.5. The number of carbonyl (C=O) groups is 1. The van der Waals surface area contributed by atoms with Gasteiger partial charge in [-0.15, -0.1) is 0 Å². The fraction of sp³-hybridized carbons (Fsp3) is 0.588. The minimum absolute atomic E-state index is 0.0211. The maximum Gasteiger partial charge on any atom is 0.345 e. The number of carbonyl (C=O) groups excluding carboxylic acids is 1. The second-order valence-corrected chi connectivity index (χ2v) is 6.73. The molecule has 1 atom stereocenters. The first kappa shape index (κ1) is 16.5. The van der Waals surface area contributed by atoms with Crippen molar-refractivity contribution < 1.29 is 9.21 Å². The van der Waals surface area contributed by atoms with Gasteiger partial charge in [0, 0.05) is 25.6 Å². The Morgan fingerprint density at radius 2 is 2.29 bits per heavy atom. The van der Waals surface area contributed by atoms with Crippen molar-refractivity contribution in [2.45, 2.75) is 58.7 Å². The molecule has 3 heterocycles. The molecule has 1 N–H and O–H groups in total. The van der Waals surface area contributed by atoms with Gasteiger partial charge in [-0.2, -0.15) is 5.10 Å². The average Bonchev–Trinajstić information content (AvgIpc) is 3.12. The molecule has 0 aromatic carbocycles. The first-order chi connectivity index (χ1) is 11.5. The van der Waals surface area contributed by atoms with E-state index < -0.39 is 0 Å². The van der Waals surface area contributed by atoms with E-state index in [0.717, 1.165) is 25.1 Å². The van der Waals surface area contributed by atoms with Gasteiger partial charge in [0.2, 0.25) is 0 Å². The standard InChI is InChI=1S/C17H24N4O3/c1-12(2)7-10-21-17(23)20-9-8-13(5-6-15(20)19-21)18-16(22)14-4-3-11-24-14/h3-4,11-13H,5-10H2,1-2H3,(H,18,22). The summed E-state index contributed by atoms with van der Waals surface area (Å²) >= 11 is 0. The highest BCUT2D eigenvalue weighted by atomic mass is 16.3. The monoisotopic (exact) mass is 332 g/mol. The summed E-state index contributed by atoms with van der Waals surface area (Å²) in [5.74, 6) is 1.46. The molecular weight excluding hydrogens is 308 g/mol. The van der Waals surface area contributed by atoms with Crippen molar-refractivity contribution in [2.75, 3.05) is 0 Å². The number of hydrogen-bond donors (Lipinski definition) is 1. The molecule has 0 fully saturated rings. The van der Waals surface area contributed by atoms with Crippen LogP contribution in [0.5, 0.6) is 0 Å². The van der Waals surface area contributed by atoms with Gasteiger partial charge in [-0.3, -0.25) is 9.36 Å². The van der Waals surface area contributed by atoms with Crippen molar-refractivity contribution in [3.8, 4) is 0 Å². The van der Waals surface area contributed by atoms with Crippen LogP contribution in [0.15, 0.2) is 27.6 Å². The van der Waals surface area contributed by atoms with Gasteiger partial charge in [0.05, 0.1) is 6.26 Å². The predicted octanol–water partition coefficient (Wildman–Crippen LogP) is 1.82. The van der Waals surface area contributed by atoms with E-state index in [2.05, 4.69) is 24.3 Å². The largest absolute Gasteiger partial charge is 0.459 e. The Labute approximate surface area is 140 Å². The van der Waals surface area contributed by atoms with Crippen LogP contribution in [0, 0.1) is 5.92 Å². The molecule has 7 heteroatoms.